The van der Waals surface area contributed by atoms with Crippen LogP contribution < -0.4 is 0 Å². The Kier molecular flexibility index (Phi) is 2.19. The highest BCUT2D eigenvalue weighted by molar-refractivity contribution is 5.50. The van der Waals surface area contributed by atoms with Gasteiger partial charge >= 0.3 is 0 Å². The molecule has 0 heterocycles. The molecule has 0 aliphatic heterocycles. The van der Waals surface area contributed by atoms with Crippen LogP contribution in [0.4, 0.5) is 0 Å². The summed E-state index contributed by atoms with van der Waals surface area (Å²) in [5.74, 6) is 0. The van der Waals surface area contributed by atoms with E-state index in [0.29, 0.717) is 0 Å². The summed E-state index contributed by atoms with van der Waals surface area (Å²) in [4.78, 5) is 5.60. The molecule has 0 amide bonds. The van der Waals surface area contributed by atoms with E-state index in [0.717, 1.165) is 11.1 Å². The Morgan fingerprint density at radius 2 is 1.21 bits per heavy atom. The number of rotatable bonds is 2. The van der Waals surface area contributed by atoms with E-state index in [2.05, 4.69) is 20.1 Å². The fourth-order valence-corrected chi connectivity index (χ4v) is 1.92. The van der Waals surface area contributed by atoms with E-state index in [4.69, 9.17) is 11.1 Å². The van der Waals surface area contributed by atoms with Gasteiger partial charge in [0, 0.05) is 9.82 Å². The molecule has 0 saturated carbocycles. The Labute approximate surface area is 81.9 Å². The minimum Gasteiger partial charge on any atom is -0.0821 e. The van der Waals surface area contributed by atoms with E-state index in [-0.39, 0.29) is 0 Å². The predicted molar refractivity (Wildman–Crippen MR) is 53.5 cm³/mol. The Hall–Kier alpha value is -1.64. The quantitative estimate of drug-likeness (QED) is 0.277. The van der Waals surface area contributed by atoms with Gasteiger partial charge in [0.05, 0.1) is 11.1 Å². The molecule has 0 bridgehead atoms. The van der Waals surface area contributed by atoms with Gasteiger partial charge in [-0.05, 0) is 38.8 Å². The molecule has 1 rings (SSSR count). The second-order valence-electron chi connectivity index (χ2n) is 3.77. The molecular formula is C8H12N6. The standard InChI is InChI=1S/C8H12N6/c1-5-6(2)8(4,12-14-10)7(5,3)11-13-9/h1-4H3/t7-,8-/m1/s1. The van der Waals surface area contributed by atoms with Crippen LogP contribution in [0.3, 0.4) is 0 Å². The Morgan fingerprint density at radius 1 is 0.929 bits per heavy atom. The summed E-state index contributed by atoms with van der Waals surface area (Å²) in [5.41, 5.74) is 17.5. The van der Waals surface area contributed by atoms with Gasteiger partial charge in [-0.25, -0.2) is 0 Å². The fraction of sp³-hybridized carbons (Fsp3) is 0.750. The van der Waals surface area contributed by atoms with Crippen molar-refractivity contribution in [3.05, 3.63) is 32.0 Å². The SMILES string of the molecule is CC1=C(C)[C@@](C)(N=[N+]=[N-])[C@]1(C)N=[N+]=[N-]. The van der Waals surface area contributed by atoms with Crippen LogP contribution in [-0.4, -0.2) is 11.1 Å². The molecule has 0 N–H and O–H groups in total. The van der Waals surface area contributed by atoms with Crippen LogP contribution in [0.1, 0.15) is 27.7 Å². The molecule has 14 heavy (non-hydrogen) atoms. The van der Waals surface area contributed by atoms with Crippen LogP contribution in [0.2, 0.25) is 0 Å². The molecule has 0 fully saturated rings. The van der Waals surface area contributed by atoms with Crippen LogP contribution in [0.5, 0.6) is 0 Å². The fourth-order valence-electron chi connectivity index (χ4n) is 1.92. The van der Waals surface area contributed by atoms with Crippen molar-refractivity contribution in [2.45, 2.75) is 38.8 Å². The summed E-state index contributed by atoms with van der Waals surface area (Å²) in [5, 5.41) is 7.45. The maximum absolute atomic E-state index is 8.47. The third kappa shape index (κ3) is 0.923. The molecule has 0 aromatic carbocycles. The maximum Gasteiger partial charge on any atom is 0.0816 e. The summed E-state index contributed by atoms with van der Waals surface area (Å²) in [7, 11) is 0. The third-order valence-electron chi connectivity index (χ3n) is 3.46. The van der Waals surface area contributed by atoms with Crippen LogP contribution in [0.15, 0.2) is 21.4 Å². The van der Waals surface area contributed by atoms with Crippen LogP contribution in [0.25, 0.3) is 20.9 Å². The molecule has 0 unspecified atom stereocenters. The van der Waals surface area contributed by atoms with Gasteiger partial charge in [0.25, 0.3) is 0 Å². The number of azide groups is 2. The van der Waals surface area contributed by atoms with Gasteiger partial charge in [0.1, 0.15) is 0 Å². The lowest BCUT2D eigenvalue weighted by Gasteiger charge is -2.52. The average molecular weight is 192 g/mol. The molecule has 1 aliphatic carbocycles. The van der Waals surface area contributed by atoms with Crippen molar-refractivity contribution < 1.29 is 0 Å². The first-order valence-electron chi connectivity index (χ1n) is 4.25. The Bertz CT molecular complexity index is 360. The summed E-state index contributed by atoms with van der Waals surface area (Å²) >= 11 is 0. The molecule has 1 aliphatic rings. The zero-order valence-electron chi connectivity index (χ0n) is 8.68. The zero-order chi connectivity index (χ0) is 11.0. The van der Waals surface area contributed by atoms with Gasteiger partial charge in [-0.1, -0.05) is 21.4 Å². The van der Waals surface area contributed by atoms with Gasteiger partial charge in [0.15, 0.2) is 0 Å². The van der Waals surface area contributed by atoms with Crippen LogP contribution in [-0.2, 0) is 0 Å². The summed E-state index contributed by atoms with van der Waals surface area (Å²) < 4.78 is 0. The minimum absolute atomic E-state index is 0.724. The van der Waals surface area contributed by atoms with E-state index >= 15 is 0 Å². The molecule has 0 radical (unpaired) electrons. The molecule has 0 aromatic heterocycles. The van der Waals surface area contributed by atoms with Crippen molar-refractivity contribution in [1.82, 2.24) is 0 Å². The average Bonchev–Trinajstić information content (AvgIpc) is 2.16. The van der Waals surface area contributed by atoms with Crippen molar-refractivity contribution in [2.75, 3.05) is 0 Å². The summed E-state index contributed by atoms with van der Waals surface area (Å²) in [6.07, 6.45) is 0. The number of hydrogen-bond donors (Lipinski definition) is 0. The van der Waals surface area contributed by atoms with E-state index in [9.17, 15) is 0 Å². The molecule has 2 atom stereocenters. The molecule has 6 heteroatoms. The highest BCUT2D eigenvalue weighted by atomic mass is 15.3. The normalized spacial score (nSPS) is 35.4. The second kappa shape index (κ2) is 2.94. The van der Waals surface area contributed by atoms with Gasteiger partial charge < -0.3 is 0 Å². The van der Waals surface area contributed by atoms with E-state index in [1.165, 1.54) is 0 Å². The maximum atomic E-state index is 8.47. The monoisotopic (exact) mass is 192 g/mol. The molecule has 0 saturated heterocycles. The van der Waals surface area contributed by atoms with Crippen molar-refractivity contribution in [2.24, 2.45) is 10.2 Å². The molecule has 0 spiro atoms. The topological polar surface area (TPSA) is 97.5 Å². The lowest BCUT2D eigenvalue weighted by Crippen LogP contribution is -2.57. The first-order valence-corrected chi connectivity index (χ1v) is 4.25. The third-order valence-corrected chi connectivity index (χ3v) is 3.46. The lowest BCUT2D eigenvalue weighted by atomic mass is 9.60. The lowest BCUT2D eigenvalue weighted by molar-refractivity contribution is 0.289. The van der Waals surface area contributed by atoms with Gasteiger partial charge in [-0.3, -0.25) is 0 Å². The minimum atomic E-state index is -0.724. The highest BCUT2D eigenvalue weighted by Crippen LogP contribution is 2.52. The van der Waals surface area contributed by atoms with E-state index in [1.54, 1.807) is 13.8 Å². The van der Waals surface area contributed by atoms with Crippen LogP contribution >= 0.6 is 0 Å². The highest BCUT2D eigenvalue weighted by Gasteiger charge is 2.55. The smallest absolute Gasteiger partial charge is 0.0816 e. The molecule has 74 valence electrons. The molecular weight excluding hydrogens is 180 g/mol. The first kappa shape index (κ1) is 10.4. The molecule has 6 nitrogen and oxygen atoms in total. The van der Waals surface area contributed by atoms with E-state index in [1.807, 2.05) is 13.8 Å². The molecule has 0 aromatic rings. The summed E-state index contributed by atoms with van der Waals surface area (Å²) in [6.45, 7) is 7.34. The van der Waals surface area contributed by atoms with Crippen LogP contribution in [0, 0.1) is 0 Å². The van der Waals surface area contributed by atoms with Gasteiger partial charge in [0.2, 0.25) is 0 Å². The van der Waals surface area contributed by atoms with Crippen molar-refractivity contribution in [1.29, 1.82) is 0 Å². The Morgan fingerprint density at radius 3 is 1.43 bits per heavy atom. The van der Waals surface area contributed by atoms with Crippen molar-refractivity contribution in [3.63, 3.8) is 0 Å². The largest absolute Gasteiger partial charge is 0.0821 e. The van der Waals surface area contributed by atoms with Gasteiger partial charge in [-0.2, -0.15) is 0 Å². The summed E-state index contributed by atoms with van der Waals surface area (Å²) in [6, 6.07) is 0. The van der Waals surface area contributed by atoms with Crippen molar-refractivity contribution in [3.8, 4) is 0 Å². The predicted octanol–water partition coefficient (Wildman–Crippen LogP) is 3.47. The first-order chi connectivity index (χ1) is 6.44. The second-order valence-corrected chi connectivity index (χ2v) is 3.77. The number of hydrogen-bond acceptors (Lipinski definition) is 2. The van der Waals surface area contributed by atoms with E-state index < -0.39 is 11.1 Å². The Balaban J connectivity index is 3.37. The number of nitrogens with zero attached hydrogens (tertiary/aromatic N) is 6. The zero-order valence-corrected chi connectivity index (χ0v) is 8.68. The van der Waals surface area contributed by atoms with Gasteiger partial charge in [-0.15, -0.1) is 0 Å². The van der Waals surface area contributed by atoms with Crippen molar-refractivity contribution >= 4 is 0 Å².